The molecular formula is C23H20N2O6. The lowest BCUT2D eigenvalue weighted by atomic mass is 10.0. The Morgan fingerprint density at radius 3 is 2.42 bits per heavy atom. The molecule has 0 radical (unpaired) electrons. The molecule has 0 aromatic heterocycles. The van der Waals surface area contributed by atoms with Crippen LogP contribution in [0.1, 0.15) is 21.5 Å². The molecule has 158 valence electrons. The number of ether oxygens (including phenoxy) is 2. The Morgan fingerprint density at radius 2 is 1.71 bits per heavy atom. The molecule has 8 nitrogen and oxygen atoms in total. The van der Waals surface area contributed by atoms with Crippen LogP contribution in [0.2, 0.25) is 0 Å². The Kier molecular flexibility index (Phi) is 6.95. The number of hydrogen-bond acceptors (Lipinski definition) is 6. The average Bonchev–Trinajstić information content (AvgIpc) is 2.79. The molecule has 1 N–H and O–H groups in total. The topological polar surface area (TPSA) is 108 Å². The summed E-state index contributed by atoms with van der Waals surface area (Å²) in [6.07, 6.45) is 0.627. The number of para-hydroxylation sites is 1. The molecule has 31 heavy (non-hydrogen) atoms. The highest BCUT2D eigenvalue weighted by molar-refractivity contribution is 5.97. The number of carbonyl (C=O) groups excluding carboxylic acids is 2. The summed E-state index contributed by atoms with van der Waals surface area (Å²) in [7, 11) is 1.33. The van der Waals surface area contributed by atoms with Gasteiger partial charge in [-0.25, -0.2) is 4.79 Å². The Morgan fingerprint density at radius 1 is 1.00 bits per heavy atom. The fraction of sp³-hybridized carbons (Fsp3) is 0.130. The van der Waals surface area contributed by atoms with Gasteiger partial charge in [-0.15, -0.1) is 0 Å². The predicted octanol–water partition coefficient (Wildman–Crippen LogP) is 3.99. The number of esters is 1. The van der Waals surface area contributed by atoms with Crippen LogP contribution in [0.4, 0.5) is 11.4 Å². The molecule has 0 bridgehead atoms. The van der Waals surface area contributed by atoms with Crippen LogP contribution < -0.4 is 10.1 Å². The third-order valence-corrected chi connectivity index (χ3v) is 4.48. The summed E-state index contributed by atoms with van der Waals surface area (Å²) in [5.74, 6) is -1.31. The zero-order valence-corrected chi connectivity index (χ0v) is 16.7. The van der Waals surface area contributed by atoms with E-state index in [1.54, 1.807) is 12.1 Å². The molecule has 1 amide bonds. The number of nitro groups is 1. The molecular weight excluding hydrogens is 400 g/mol. The van der Waals surface area contributed by atoms with Gasteiger partial charge in [0.1, 0.15) is 11.3 Å². The van der Waals surface area contributed by atoms with Crippen molar-refractivity contribution in [3.8, 4) is 5.75 Å². The zero-order chi connectivity index (χ0) is 22.2. The van der Waals surface area contributed by atoms with Crippen molar-refractivity contribution in [3.05, 3.63) is 99.6 Å². The van der Waals surface area contributed by atoms with E-state index >= 15 is 0 Å². The minimum Gasteiger partial charge on any atom is -0.496 e. The number of anilines is 1. The van der Waals surface area contributed by atoms with Crippen LogP contribution in [-0.4, -0.2) is 30.5 Å². The van der Waals surface area contributed by atoms with Gasteiger partial charge < -0.3 is 14.8 Å². The predicted molar refractivity (Wildman–Crippen MR) is 114 cm³/mol. The number of benzene rings is 3. The Bertz CT molecular complexity index is 1100. The van der Waals surface area contributed by atoms with Gasteiger partial charge in [0, 0.05) is 17.8 Å². The summed E-state index contributed by atoms with van der Waals surface area (Å²) < 4.78 is 10.1. The van der Waals surface area contributed by atoms with E-state index in [4.69, 9.17) is 9.47 Å². The lowest BCUT2D eigenvalue weighted by Crippen LogP contribution is -2.22. The number of hydrogen-bond donors (Lipinski definition) is 1. The first-order valence-electron chi connectivity index (χ1n) is 9.39. The van der Waals surface area contributed by atoms with Crippen LogP contribution in [0.3, 0.4) is 0 Å². The lowest BCUT2D eigenvalue weighted by molar-refractivity contribution is -0.384. The normalized spacial score (nSPS) is 10.2. The molecule has 0 saturated carbocycles. The second-order valence-electron chi connectivity index (χ2n) is 6.59. The van der Waals surface area contributed by atoms with Gasteiger partial charge in [-0.05, 0) is 29.7 Å². The first-order valence-corrected chi connectivity index (χ1v) is 9.39. The number of methoxy groups -OCH3 is 1. The number of nitro benzene ring substituents is 1. The molecule has 0 spiro atoms. The van der Waals surface area contributed by atoms with Crippen LogP contribution in [0.5, 0.6) is 5.75 Å². The highest BCUT2D eigenvalue weighted by atomic mass is 16.6. The van der Waals surface area contributed by atoms with E-state index in [0.29, 0.717) is 12.1 Å². The van der Waals surface area contributed by atoms with Gasteiger partial charge in [0.05, 0.1) is 12.0 Å². The quantitative estimate of drug-likeness (QED) is 0.335. The van der Waals surface area contributed by atoms with Gasteiger partial charge in [-0.3, -0.25) is 14.9 Å². The van der Waals surface area contributed by atoms with E-state index in [1.807, 2.05) is 42.5 Å². The average molecular weight is 420 g/mol. The van der Waals surface area contributed by atoms with Gasteiger partial charge in [-0.1, -0.05) is 48.5 Å². The molecule has 3 aromatic rings. The number of non-ortho nitro benzene ring substituents is 1. The van der Waals surface area contributed by atoms with Gasteiger partial charge in [0.2, 0.25) is 0 Å². The van der Waals surface area contributed by atoms with Crippen molar-refractivity contribution in [1.29, 1.82) is 0 Å². The minimum absolute atomic E-state index is 0.115. The van der Waals surface area contributed by atoms with Crippen molar-refractivity contribution in [2.24, 2.45) is 0 Å². The van der Waals surface area contributed by atoms with Crippen LogP contribution >= 0.6 is 0 Å². The number of nitrogens with one attached hydrogen (secondary N) is 1. The van der Waals surface area contributed by atoms with E-state index in [2.05, 4.69) is 5.32 Å². The molecule has 0 saturated heterocycles. The summed E-state index contributed by atoms with van der Waals surface area (Å²) in [6.45, 7) is -0.551. The first-order chi connectivity index (χ1) is 15.0. The molecule has 0 aliphatic carbocycles. The third kappa shape index (κ3) is 5.66. The van der Waals surface area contributed by atoms with E-state index in [1.165, 1.54) is 19.2 Å². The largest absolute Gasteiger partial charge is 0.496 e. The summed E-state index contributed by atoms with van der Waals surface area (Å²) in [5.41, 5.74) is 2.20. The molecule has 0 heterocycles. The molecule has 3 rings (SSSR count). The molecule has 8 heteroatoms. The Balaban J connectivity index is 1.65. The summed E-state index contributed by atoms with van der Waals surface area (Å²) in [6, 6.07) is 20.7. The van der Waals surface area contributed by atoms with Crippen LogP contribution in [0.25, 0.3) is 0 Å². The number of rotatable bonds is 8. The van der Waals surface area contributed by atoms with Gasteiger partial charge in [0.25, 0.3) is 11.6 Å². The Hall–Kier alpha value is -4.20. The maximum absolute atomic E-state index is 12.4. The van der Waals surface area contributed by atoms with E-state index < -0.39 is 23.4 Å². The molecule has 0 aliphatic heterocycles. The van der Waals surface area contributed by atoms with E-state index in [-0.39, 0.29) is 17.0 Å². The summed E-state index contributed by atoms with van der Waals surface area (Å²) in [4.78, 5) is 35.0. The SMILES string of the molecule is COc1ccc([N+](=O)[O-])cc1C(=O)OCC(=O)Nc1ccccc1Cc1ccccc1. The summed E-state index contributed by atoms with van der Waals surface area (Å²) in [5, 5.41) is 13.7. The van der Waals surface area contributed by atoms with Crippen LogP contribution in [-0.2, 0) is 16.0 Å². The van der Waals surface area contributed by atoms with Crippen molar-refractivity contribution in [2.75, 3.05) is 19.0 Å². The molecule has 3 aromatic carbocycles. The first kappa shape index (κ1) is 21.5. The fourth-order valence-corrected chi connectivity index (χ4v) is 2.98. The second kappa shape index (κ2) is 10.0. The molecule has 0 fully saturated rings. The van der Waals surface area contributed by atoms with Crippen molar-refractivity contribution in [2.45, 2.75) is 6.42 Å². The van der Waals surface area contributed by atoms with Gasteiger partial charge >= 0.3 is 5.97 Å². The maximum Gasteiger partial charge on any atom is 0.342 e. The smallest absolute Gasteiger partial charge is 0.342 e. The molecule has 0 aliphatic rings. The lowest BCUT2D eigenvalue weighted by Gasteiger charge is -2.12. The van der Waals surface area contributed by atoms with Crippen molar-refractivity contribution < 1.29 is 24.0 Å². The highest BCUT2D eigenvalue weighted by Crippen LogP contribution is 2.25. The zero-order valence-electron chi connectivity index (χ0n) is 16.7. The molecule has 0 unspecified atom stereocenters. The van der Waals surface area contributed by atoms with Crippen molar-refractivity contribution in [3.63, 3.8) is 0 Å². The van der Waals surface area contributed by atoms with E-state index in [9.17, 15) is 19.7 Å². The van der Waals surface area contributed by atoms with Crippen molar-refractivity contribution >= 4 is 23.3 Å². The maximum atomic E-state index is 12.4. The summed E-state index contributed by atoms with van der Waals surface area (Å²) >= 11 is 0. The van der Waals surface area contributed by atoms with Crippen molar-refractivity contribution in [1.82, 2.24) is 0 Å². The third-order valence-electron chi connectivity index (χ3n) is 4.48. The minimum atomic E-state index is -0.895. The fourth-order valence-electron chi connectivity index (χ4n) is 2.98. The standard InChI is InChI=1S/C23H20N2O6/c1-30-21-12-11-18(25(28)29)14-19(21)23(27)31-15-22(26)24-20-10-6-5-9-17(20)13-16-7-3-2-4-8-16/h2-12,14H,13,15H2,1H3,(H,24,26). The molecule has 0 atom stereocenters. The van der Waals surface area contributed by atoms with Crippen LogP contribution in [0, 0.1) is 10.1 Å². The number of amides is 1. The monoisotopic (exact) mass is 420 g/mol. The van der Waals surface area contributed by atoms with Gasteiger partial charge in [0.15, 0.2) is 6.61 Å². The highest BCUT2D eigenvalue weighted by Gasteiger charge is 2.20. The van der Waals surface area contributed by atoms with Crippen LogP contribution in [0.15, 0.2) is 72.8 Å². The van der Waals surface area contributed by atoms with Gasteiger partial charge in [-0.2, -0.15) is 0 Å². The van der Waals surface area contributed by atoms with E-state index in [0.717, 1.165) is 17.2 Å². The number of nitrogens with zero attached hydrogens (tertiary/aromatic N) is 1. The Labute approximate surface area is 178 Å². The number of carbonyl (C=O) groups is 2. The second-order valence-corrected chi connectivity index (χ2v) is 6.59.